The van der Waals surface area contributed by atoms with Gasteiger partial charge in [0.25, 0.3) is 0 Å². The van der Waals surface area contributed by atoms with Gasteiger partial charge in [0.15, 0.2) is 0 Å². The molecule has 0 spiro atoms. The Balaban J connectivity index is 2.32. The molecule has 0 unspecified atom stereocenters. The summed E-state index contributed by atoms with van der Waals surface area (Å²) in [6, 6.07) is 4.72. The van der Waals surface area contributed by atoms with Crippen LogP contribution in [-0.2, 0) is 15.9 Å². The van der Waals surface area contributed by atoms with Gasteiger partial charge < -0.3 is 0 Å². The zero-order valence-electron chi connectivity index (χ0n) is 10.3. The highest BCUT2D eigenvalue weighted by molar-refractivity contribution is 7.99. The molecule has 0 aliphatic carbocycles. The van der Waals surface area contributed by atoms with Crippen molar-refractivity contribution >= 4 is 45.0 Å². The maximum atomic E-state index is 12.5. The molecule has 1 heterocycles. The fraction of sp³-hybridized carbons (Fsp3) is 0.500. The minimum atomic E-state index is -3.43. The lowest BCUT2D eigenvalue weighted by Gasteiger charge is -2.20. The smallest absolute Gasteiger partial charge is 0.207 e. The van der Waals surface area contributed by atoms with E-state index < -0.39 is 10.0 Å². The number of benzene rings is 1. The van der Waals surface area contributed by atoms with Crippen LogP contribution in [0, 0.1) is 0 Å². The number of halogens is 2. The van der Waals surface area contributed by atoms with Gasteiger partial charge in [-0.2, -0.15) is 16.1 Å². The quantitative estimate of drug-likeness (QED) is 0.793. The van der Waals surface area contributed by atoms with Crippen molar-refractivity contribution in [2.24, 2.45) is 0 Å². The van der Waals surface area contributed by atoms with Crippen LogP contribution in [0.3, 0.4) is 0 Å². The monoisotopic (exact) mass is 339 g/mol. The van der Waals surface area contributed by atoms with E-state index in [0.29, 0.717) is 23.7 Å². The van der Waals surface area contributed by atoms with Gasteiger partial charge in [-0.25, -0.2) is 8.42 Å². The van der Waals surface area contributed by atoms with Gasteiger partial charge in [-0.1, -0.05) is 11.6 Å². The lowest BCUT2D eigenvalue weighted by molar-refractivity contribution is 0.435. The fourth-order valence-electron chi connectivity index (χ4n) is 1.93. The number of thioether (sulfide) groups is 1. The van der Waals surface area contributed by atoms with E-state index in [0.717, 1.165) is 17.9 Å². The number of sulfonamides is 1. The van der Waals surface area contributed by atoms with Crippen LogP contribution in [0.1, 0.15) is 12.0 Å². The van der Waals surface area contributed by atoms with Crippen molar-refractivity contribution in [2.75, 3.05) is 24.6 Å². The van der Waals surface area contributed by atoms with Crippen molar-refractivity contribution in [3.05, 3.63) is 28.8 Å². The maximum absolute atomic E-state index is 12.5. The molecule has 0 radical (unpaired) electrons. The van der Waals surface area contributed by atoms with Crippen molar-refractivity contribution in [3.63, 3.8) is 0 Å². The van der Waals surface area contributed by atoms with E-state index >= 15 is 0 Å². The Morgan fingerprint density at radius 2 is 2.05 bits per heavy atom. The third-order valence-electron chi connectivity index (χ3n) is 2.98. The van der Waals surface area contributed by atoms with Gasteiger partial charge in [-0.05, 0) is 35.9 Å². The normalized spacial score (nSPS) is 18.2. The Bertz CT molecular complexity index is 541. The minimum absolute atomic E-state index is 0.206. The van der Waals surface area contributed by atoms with Gasteiger partial charge in [0.05, 0.1) is 4.90 Å². The van der Waals surface area contributed by atoms with Crippen molar-refractivity contribution < 1.29 is 8.42 Å². The Morgan fingerprint density at radius 1 is 1.26 bits per heavy atom. The molecular formula is C12H15Cl2NO2S2. The summed E-state index contributed by atoms with van der Waals surface area (Å²) in [5.41, 5.74) is 0.647. The fourth-order valence-corrected chi connectivity index (χ4v) is 4.93. The van der Waals surface area contributed by atoms with E-state index in [1.54, 1.807) is 34.3 Å². The third kappa shape index (κ3) is 3.58. The van der Waals surface area contributed by atoms with Gasteiger partial charge in [0.1, 0.15) is 0 Å². The molecule has 1 aliphatic heterocycles. The molecule has 1 aromatic carbocycles. The molecule has 1 saturated heterocycles. The molecule has 0 bridgehead atoms. The van der Waals surface area contributed by atoms with Gasteiger partial charge in [-0.3, -0.25) is 0 Å². The average molecular weight is 340 g/mol. The number of nitrogens with zero attached hydrogens (tertiary/aromatic N) is 1. The molecule has 0 saturated carbocycles. The van der Waals surface area contributed by atoms with Gasteiger partial charge in [0, 0.05) is 29.7 Å². The first kappa shape index (κ1) is 15.4. The van der Waals surface area contributed by atoms with Crippen LogP contribution in [0.5, 0.6) is 0 Å². The Labute approximate surface area is 128 Å². The highest BCUT2D eigenvalue weighted by Crippen LogP contribution is 2.25. The van der Waals surface area contributed by atoms with E-state index in [2.05, 4.69) is 0 Å². The minimum Gasteiger partial charge on any atom is -0.207 e. The summed E-state index contributed by atoms with van der Waals surface area (Å²) in [5.74, 6) is 2.06. The Hall–Kier alpha value is 0.0600. The average Bonchev–Trinajstić information content (AvgIpc) is 2.68. The first-order chi connectivity index (χ1) is 9.05. The predicted octanol–water partition coefficient (Wildman–Crippen LogP) is 3.21. The van der Waals surface area contributed by atoms with E-state index in [1.807, 2.05) is 0 Å². The second-order valence-corrected chi connectivity index (χ2v) is 8.09. The van der Waals surface area contributed by atoms with Crippen molar-refractivity contribution in [2.45, 2.75) is 17.2 Å². The molecule has 19 heavy (non-hydrogen) atoms. The summed E-state index contributed by atoms with van der Waals surface area (Å²) in [7, 11) is -3.43. The second-order valence-electron chi connectivity index (χ2n) is 4.26. The van der Waals surface area contributed by atoms with Crippen LogP contribution in [-0.4, -0.2) is 37.3 Å². The zero-order chi connectivity index (χ0) is 13.9. The number of hydrogen-bond donors (Lipinski definition) is 0. The van der Waals surface area contributed by atoms with Gasteiger partial charge in [-0.15, -0.1) is 11.6 Å². The molecule has 1 fully saturated rings. The first-order valence-corrected chi connectivity index (χ1v) is 9.48. The Kier molecular flexibility index (Phi) is 5.43. The second kappa shape index (κ2) is 6.68. The lowest BCUT2D eigenvalue weighted by Crippen LogP contribution is -2.33. The number of hydrogen-bond acceptors (Lipinski definition) is 3. The van der Waals surface area contributed by atoms with Crippen LogP contribution >= 0.6 is 35.0 Å². The van der Waals surface area contributed by atoms with Crippen molar-refractivity contribution in [3.8, 4) is 0 Å². The third-order valence-corrected chi connectivity index (χ3v) is 6.58. The van der Waals surface area contributed by atoms with E-state index in [4.69, 9.17) is 23.2 Å². The van der Waals surface area contributed by atoms with Crippen LogP contribution in [0.15, 0.2) is 23.1 Å². The largest absolute Gasteiger partial charge is 0.243 e. The summed E-state index contributed by atoms with van der Waals surface area (Å²) < 4.78 is 26.6. The highest BCUT2D eigenvalue weighted by Gasteiger charge is 2.25. The Morgan fingerprint density at radius 3 is 2.79 bits per heavy atom. The zero-order valence-corrected chi connectivity index (χ0v) is 13.5. The lowest BCUT2D eigenvalue weighted by atomic mass is 10.2. The molecule has 1 aliphatic rings. The molecule has 3 nitrogen and oxygen atoms in total. The molecular weight excluding hydrogens is 325 g/mol. The van der Waals surface area contributed by atoms with Crippen LogP contribution < -0.4 is 0 Å². The summed E-state index contributed by atoms with van der Waals surface area (Å²) in [6.07, 6.45) is 0.889. The molecule has 0 aromatic heterocycles. The van der Waals surface area contributed by atoms with Crippen molar-refractivity contribution in [1.82, 2.24) is 4.31 Å². The van der Waals surface area contributed by atoms with Crippen LogP contribution in [0.25, 0.3) is 0 Å². The molecule has 0 N–H and O–H groups in total. The summed E-state index contributed by atoms with van der Waals surface area (Å²) in [4.78, 5) is 0.277. The molecule has 7 heteroatoms. The number of alkyl halides is 1. The van der Waals surface area contributed by atoms with Crippen LogP contribution in [0.2, 0.25) is 5.02 Å². The highest BCUT2D eigenvalue weighted by atomic mass is 35.5. The summed E-state index contributed by atoms with van der Waals surface area (Å²) in [5, 5.41) is 0.500. The molecule has 0 atom stereocenters. The first-order valence-electron chi connectivity index (χ1n) is 5.98. The molecule has 2 rings (SSSR count). The molecule has 106 valence electrons. The topological polar surface area (TPSA) is 37.4 Å². The molecule has 0 amide bonds. The van der Waals surface area contributed by atoms with Crippen molar-refractivity contribution in [1.29, 1.82) is 0 Å². The number of rotatable bonds is 3. The van der Waals surface area contributed by atoms with Gasteiger partial charge >= 0.3 is 0 Å². The van der Waals surface area contributed by atoms with E-state index in [1.165, 1.54) is 0 Å². The molecule has 1 aromatic rings. The maximum Gasteiger partial charge on any atom is 0.243 e. The van der Waals surface area contributed by atoms with Crippen LogP contribution in [0.4, 0.5) is 0 Å². The summed E-state index contributed by atoms with van der Waals surface area (Å²) >= 11 is 13.5. The van der Waals surface area contributed by atoms with E-state index in [-0.39, 0.29) is 10.8 Å². The standard InChI is InChI=1S/C12H15Cl2NO2S2/c13-9-10-8-11(2-3-12(10)14)19(16,17)15-4-1-6-18-7-5-15/h2-3,8H,1,4-7,9H2. The predicted molar refractivity (Wildman–Crippen MR) is 81.7 cm³/mol. The van der Waals surface area contributed by atoms with E-state index in [9.17, 15) is 8.42 Å². The summed E-state index contributed by atoms with van der Waals surface area (Å²) in [6.45, 7) is 1.14. The van der Waals surface area contributed by atoms with Gasteiger partial charge in [0.2, 0.25) is 10.0 Å². The SMILES string of the molecule is O=S(=O)(c1ccc(Cl)c(CCl)c1)N1CCCSCC1.